The first-order chi connectivity index (χ1) is 11.8. The number of hydrogen-bond acceptors (Lipinski definition) is 3. The Bertz CT molecular complexity index is 673. The molecule has 1 amide bonds. The maximum atomic E-state index is 12.7. The molecule has 1 aromatic rings. The maximum absolute atomic E-state index is 12.7. The lowest BCUT2D eigenvalue weighted by atomic mass is 9.86. The fourth-order valence-corrected chi connectivity index (χ4v) is 4.94. The van der Waals surface area contributed by atoms with E-state index in [0.717, 1.165) is 31.6 Å². The van der Waals surface area contributed by atoms with E-state index in [1.54, 1.807) is 12.1 Å². The molecule has 5 nitrogen and oxygen atoms in total. The maximum Gasteiger partial charge on any atom is 0.253 e. The highest BCUT2D eigenvalue weighted by Gasteiger charge is 2.26. The van der Waals surface area contributed by atoms with Crippen molar-refractivity contribution in [2.75, 3.05) is 20.1 Å². The van der Waals surface area contributed by atoms with Crippen LogP contribution in [0.3, 0.4) is 0 Å². The largest absolute Gasteiger partial charge is 0.339 e. The normalized spacial score (nSPS) is 21.3. The Morgan fingerprint density at radius 2 is 1.56 bits per heavy atom. The van der Waals surface area contributed by atoms with Crippen LogP contribution in [0.2, 0.25) is 0 Å². The van der Waals surface area contributed by atoms with E-state index in [0.29, 0.717) is 18.7 Å². The lowest BCUT2D eigenvalue weighted by Crippen LogP contribution is -2.39. The van der Waals surface area contributed by atoms with Crippen molar-refractivity contribution >= 4 is 15.9 Å². The molecule has 0 aromatic heterocycles. The lowest BCUT2D eigenvalue weighted by Gasteiger charge is -2.33. The minimum atomic E-state index is -3.48. The van der Waals surface area contributed by atoms with Gasteiger partial charge in [-0.1, -0.05) is 20.8 Å². The Balaban J connectivity index is 2.12. The number of hydrogen-bond donors (Lipinski definition) is 0. The van der Waals surface area contributed by atoms with Crippen LogP contribution in [0, 0.1) is 5.92 Å². The summed E-state index contributed by atoms with van der Waals surface area (Å²) in [5.74, 6) is 0.704. The van der Waals surface area contributed by atoms with Gasteiger partial charge in [0.1, 0.15) is 0 Å². The molecule has 0 radical (unpaired) electrons. The van der Waals surface area contributed by atoms with Crippen molar-refractivity contribution in [2.24, 2.45) is 5.92 Å². The van der Waals surface area contributed by atoms with E-state index in [1.807, 2.05) is 25.8 Å². The third-order valence-electron chi connectivity index (χ3n) is 5.30. The van der Waals surface area contributed by atoms with Gasteiger partial charge in [-0.05, 0) is 55.9 Å². The van der Waals surface area contributed by atoms with Crippen LogP contribution in [0.15, 0.2) is 29.2 Å². The molecule has 0 atom stereocenters. The Morgan fingerprint density at radius 1 is 1.04 bits per heavy atom. The Hall–Kier alpha value is -1.40. The summed E-state index contributed by atoms with van der Waals surface area (Å²) in [6, 6.07) is 6.61. The summed E-state index contributed by atoms with van der Waals surface area (Å²) in [4.78, 5) is 14.8. The fourth-order valence-electron chi connectivity index (χ4n) is 3.48. The van der Waals surface area contributed by atoms with Crippen LogP contribution in [0.25, 0.3) is 0 Å². The molecule has 140 valence electrons. The summed E-state index contributed by atoms with van der Waals surface area (Å²) in [5, 5.41) is 0. The number of nitrogens with zero attached hydrogens (tertiary/aromatic N) is 2. The van der Waals surface area contributed by atoms with Crippen molar-refractivity contribution in [3.8, 4) is 0 Å². The first-order valence-electron chi connectivity index (χ1n) is 9.18. The second-order valence-electron chi connectivity index (χ2n) is 6.94. The van der Waals surface area contributed by atoms with Gasteiger partial charge in [-0.25, -0.2) is 8.42 Å². The molecule has 25 heavy (non-hydrogen) atoms. The molecule has 0 spiro atoms. The summed E-state index contributed by atoms with van der Waals surface area (Å²) in [6.07, 6.45) is 4.39. The van der Waals surface area contributed by atoms with Crippen molar-refractivity contribution in [3.63, 3.8) is 0 Å². The van der Waals surface area contributed by atoms with Gasteiger partial charge in [0.2, 0.25) is 10.0 Å². The van der Waals surface area contributed by atoms with Crippen LogP contribution in [-0.4, -0.2) is 49.7 Å². The summed E-state index contributed by atoms with van der Waals surface area (Å²) in [7, 11) is -1.63. The third-order valence-corrected chi connectivity index (χ3v) is 7.36. The highest BCUT2D eigenvalue weighted by molar-refractivity contribution is 7.89. The quantitative estimate of drug-likeness (QED) is 0.776. The highest BCUT2D eigenvalue weighted by Crippen LogP contribution is 2.27. The third kappa shape index (κ3) is 4.42. The van der Waals surface area contributed by atoms with Crippen LogP contribution < -0.4 is 0 Å². The Morgan fingerprint density at radius 3 is 2.04 bits per heavy atom. The molecule has 1 aliphatic carbocycles. The lowest BCUT2D eigenvalue weighted by molar-refractivity contribution is 0.0679. The number of amides is 1. The smallest absolute Gasteiger partial charge is 0.253 e. The van der Waals surface area contributed by atoms with Gasteiger partial charge in [0.15, 0.2) is 0 Å². The van der Waals surface area contributed by atoms with Crippen molar-refractivity contribution in [1.29, 1.82) is 0 Å². The van der Waals surface area contributed by atoms with Crippen LogP contribution in [0.5, 0.6) is 0 Å². The zero-order valence-electron chi connectivity index (χ0n) is 15.7. The highest BCUT2D eigenvalue weighted by atomic mass is 32.2. The molecule has 6 heteroatoms. The molecule has 1 saturated carbocycles. The van der Waals surface area contributed by atoms with E-state index < -0.39 is 10.0 Å². The van der Waals surface area contributed by atoms with E-state index in [2.05, 4.69) is 6.92 Å². The number of sulfonamides is 1. The van der Waals surface area contributed by atoms with Crippen LogP contribution in [0.4, 0.5) is 0 Å². The van der Waals surface area contributed by atoms with E-state index in [9.17, 15) is 13.2 Å². The van der Waals surface area contributed by atoms with E-state index in [4.69, 9.17) is 0 Å². The van der Waals surface area contributed by atoms with Gasteiger partial charge >= 0.3 is 0 Å². The molecule has 0 N–H and O–H groups in total. The predicted molar refractivity (Wildman–Crippen MR) is 100 cm³/mol. The molecule has 0 heterocycles. The predicted octanol–water partition coefficient (Wildman–Crippen LogP) is 3.37. The summed E-state index contributed by atoms with van der Waals surface area (Å²) < 4.78 is 26.5. The van der Waals surface area contributed by atoms with Crippen LogP contribution in [0.1, 0.15) is 56.8 Å². The standard InChI is InChI=1S/C19H30N2O3S/c1-5-21(6-2)25(23,24)18-13-9-16(10-14-18)19(22)20(4)17-11-7-15(3)8-12-17/h9-10,13-15,17H,5-8,11-12H2,1-4H3. The molecule has 2 rings (SSSR count). The zero-order chi connectivity index (χ0) is 18.6. The fraction of sp³-hybridized carbons (Fsp3) is 0.632. The molecule has 0 aliphatic heterocycles. The van der Waals surface area contributed by atoms with E-state index in [1.165, 1.54) is 16.4 Å². The van der Waals surface area contributed by atoms with Gasteiger partial charge < -0.3 is 4.90 Å². The second-order valence-corrected chi connectivity index (χ2v) is 8.88. The molecule has 0 unspecified atom stereocenters. The number of benzene rings is 1. The van der Waals surface area contributed by atoms with E-state index in [-0.39, 0.29) is 16.8 Å². The number of carbonyl (C=O) groups is 1. The number of carbonyl (C=O) groups excluding carboxylic acids is 1. The van der Waals surface area contributed by atoms with Crippen molar-refractivity contribution in [2.45, 2.75) is 57.4 Å². The van der Waals surface area contributed by atoms with Gasteiger partial charge in [0.05, 0.1) is 4.90 Å². The molecule has 1 aromatic carbocycles. The van der Waals surface area contributed by atoms with Crippen molar-refractivity contribution in [1.82, 2.24) is 9.21 Å². The second kappa shape index (κ2) is 8.32. The summed E-state index contributed by atoms with van der Waals surface area (Å²) >= 11 is 0. The number of rotatable bonds is 6. The average Bonchev–Trinajstić information content (AvgIpc) is 2.62. The van der Waals surface area contributed by atoms with Crippen LogP contribution >= 0.6 is 0 Å². The minimum Gasteiger partial charge on any atom is -0.339 e. The van der Waals surface area contributed by atoms with Gasteiger partial charge in [-0.15, -0.1) is 0 Å². The SMILES string of the molecule is CCN(CC)S(=O)(=O)c1ccc(C(=O)N(C)C2CCC(C)CC2)cc1. The molecular weight excluding hydrogens is 336 g/mol. The van der Waals surface area contributed by atoms with Crippen molar-refractivity contribution in [3.05, 3.63) is 29.8 Å². The molecular formula is C19H30N2O3S. The monoisotopic (exact) mass is 366 g/mol. The van der Waals surface area contributed by atoms with Gasteiger partial charge in [-0.2, -0.15) is 4.31 Å². The van der Waals surface area contributed by atoms with Gasteiger partial charge in [0.25, 0.3) is 5.91 Å². The molecule has 1 aliphatic rings. The van der Waals surface area contributed by atoms with Gasteiger partial charge in [-0.3, -0.25) is 4.79 Å². The topological polar surface area (TPSA) is 57.7 Å². The molecule has 0 saturated heterocycles. The Kier molecular flexibility index (Phi) is 6.63. The first-order valence-corrected chi connectivity index (χ1v) is 10.6. The van der Waals surface area contributed by atoms with Crippen molar-refractivity contribution < 1.29 is 13.2 Å². The Labute approximate surface area is 152 Å². The molecule has 0 bridgehead atoms. The first kappa shape index (κ1) is 19.9. The minimum absolute atomic E-state index is 0.0358. The average molecular weight is 367 g/mol. The molecule has 1 fully saturated rings. The zero-order valence-corrected chi connectivity index (χ0v) is 16.6. The summed E-state index contributed by atoms with van der Waals surface area (Å²) in [5.41, 5.74) is 0.541. The van der Waals surface area contributed by atoms with Gasteiger partial charge in [0, 0.05) is 31.7 Å². The van der Waals surface area contributed by atoms with E-state index >= 15 is 0 Å². The van der Waals surface area contributed by atoms with Crippen LogP contribution in [-0.2, 0) is 10.0 Å². The summed E-state index contributed by atoms with van der Waals surface area (Å²) in [6.45, 7) is 6.76.